The molecule has 23 heavy (non-hydrogen) atoms. The van der Waals surface area contributed by atoms with Crippen molar-refractivity contribution in [1.29, 1.82) is 0 Å². The van der Waals surface area contributed by atoms with Crippen molar-refractivity contribution in [2.75, 3.05) is 0 Å². The summed E-state index contributed by atoms with van der Waals surface area (Å²) in [6, 6.07) is 3.87. The molecule has 0 spiro atoms. The zero-order valence-electron chi connectivity index (χ0n) is 13.2. The fourth-order valence-corrected chi connectivity index (χ4v) is 3.73. The predicted octanol–water partition coefficient (Wildman–Crippen LogP) is 3.44. The van der Waals surface area contributed by atoms with E-state index in [4.69, 9.17) is 4.98 Å². The summed E-state index contributed by atoms with van der Waals surface area (Å²) in [5, 5.41) is 3.08. The van der Waals surface area contributed by atoms with Crippen molar-refractivity contribution in [3.8, 4) is 11.1 Å². The van der Waals surface area contributed by atoms with Gasteiger partial charge in [0.2, 0.25) is 0 Å². The highest BCUT2D eigenvalue weighted by Crippen LogP contribution is 2.32. The molecule has 0 unspecified atom stereocenters. The Kier molecular flexibility index (Phi) is 3.48. The minimum atomic E-state index is 0.0505. The van der Waals surface area contributed by atoms with Crippen LogP contribution in [0.2, 0.25) is 0 Å². The van der Waals surface area contributed by atoms with Gasteiger partial charge in [-0.15, -0.1) is 0 Å². The molecule has 0 atom stereocenters. The largest absolute Gasteiger partial charge is 0.296 e. The molecule has 0 aromatic carbocycles. The van der Waals surface area contributed by atoms with Gasteiger partial charge in [-0.2, -0.15) is 0 Å². The maximum atomic E-state index is 13.0. The molecule has 0 bridgehead atoms. The summed E-state index contributed by atoms with van der Waals surface area (Å²) < 4.78 is 1.58. The molecule has 3 heterocycles. The summed E-state index contributed by atoms with van der Waals surface area (Å²) in [6.45, 7) is 1.96. The van der Waals surface area contributed by atoms with Crippen LogP contribution in [0.3, 0.4) is 0 Å². The van der Waals surface area contributed by atoms with Crippen molar-refractivity contribution in [3.05, 3.63) is 52.3 Å². The van der Waals surface area contributed by atoms with Crippen LogP contribution < -0.4 is 5.56 Å². The maximum absolute atomic E-state index is 13.0. The smallest absolute Gasteiger partial charge is 0.276 e. The molecule has 3 aromatic rings. The highest BCUT2D eigenvalue weighted by atomic mass is 16.1. The summed E-state index contributed by atoms with van der Waals surface area (Å²) in [5.41, 5.74) is 4.36. The van der Waals surface area contributed by atoms with E-state index in [-0.39, 0.29) is 5.56 Å². The standard InChI is InChI=1S/C18H20N4O/c1-12-16(13-6-3-2-4-7-13)18(23)22-17(21-12)15(11-20-22)14-8-5-9-19-10-14/h5,8-11,13,20H,2-4,6-7H2,1H3. The number of aromatic amines is 1. The first-order chi connectivity index (χ1) is 11.3. The van der Waals surface area contributed by atoms with Gasteiger partial charge < -0.3 is 0 Å². The quantitative estimate of drug-likeness (QED) is 0.788. The van der Waals surface area contributed by atoms with Crippen LogP contribution in [0.4, 0.5) is 0 Å². The van der Waals surface area contributed by atoms with Gasteiger partial charge in [0.25, 0.3) is 5.56 Å². The van der Waals surface area contributed by atoms with Gasteiger partial charge >= 0.3 is 0 Å². The van der Waals surface area contributed by atoms with Gasteiger partial charge in [-0.25, -0.2) is 9.50 Å². The monoisotopic (exact) mass is 308 g/mol. The number of pyridine rings is 1. The van der Waals surface area contributed by atoms with Crippen LogP contribution >= 0.6 is 0 Å². The third kappa shape index (κ3) is 2.36. The molecule has 0 saturated heterocycles. The van der Waals surface area contributed by atoms with Crippen LogP contribution in [-0.4, -0.2) is 19.6 Å². The minimum Gasteiger partial charge on any atom is -0.296 e. The first kappa shape index (κ1) is 14.2. The lowest BCUT2D eigenvalue weighted by Crippen LogP contribution is -2.25. The summed E-state index contributed by atoms with van der Waals surface area (Å²) in [7, 11) is 0. The van der Waals surface area contributed by atoms with E-state index < -0.39 is 0 Å². The fraction of sp³-hybridized carbons (Fsp3) is 0.389. The molecule has 1 fully saturated rings. The Bertz CT molecular complexity index is 889. The van der Waals surface area contributed by atoms with Gasteiger partial charge in [-0.1, -0.05) is 25.3 Å². The number of rotatable bonds is 2. The second-order valence-corrected chi connectivity index (χ2v) is 6.34. The molecular formula is C18H20N4O. The Hall–Kier alpha value is -2.43. The van der Waals surface area contributed by atoms with E-state index >= 15 is 0 Å². The summed E-state index contributed by atoms with van der Waals surface area (Å²) >= 11 is 0. The van der Waals surface area contributed by atoms with Crippen LogP contribution in [0.25, 0.3) is 16.8 Å². The molecule has 0 radical (unpaired) electrons. The van der Waals surface area contributed by atoms with Gasteiger partial charge in [0, 0.05) is 41.0 Å². The summed E-state index contributed by atoms with van der Waals surface area (Å²) in [4.78, 5) is 21.9. The SMILES string of the molecule is Cc1nc2c(-c3cccnc3)c[nH]n2c(=O)c1C1CCCCC1. The topological polar surface area (TPSA) is 63.1 Å². The van der Waals surface area contributed by atoms with Crippen molar-refractivity contribution in [1.82, 2.24) is 19.6 Å². The zero-order chi connectivity index (χ0) is 15.8. The number of H-pyrrole nitrogens is 1. The number of hydrogen-bond donors (Lipinski definition) is 1. The van der Waals surface area contributed by atoms with Crippen molar-refractivity contribution in [2.24, 2.45) is 0 Å². The Morgan fingerprint density at radius 2 is 2.09 bits per heavy atom. The van der Waals surface area contributed by atoms with E-state index in [9.17, 15) is 4.79 Å². The summed E-state index contributed by atoms with van der Waals surface area (Å²) in [6.07, 6.45) is 11.3. The number of aromatic nitrogens is 4. The van der Waals surface area contributed by atoms with Crippen LogP contribution in [0.1, 0.15) is 49.3 Å². The van der Waals surface area contributed by atoms with Gasteiger partial charge in [0.1, 0.15) is 0 Å². The number of hydrogen-bond acceptors (Lipinski definition) is 3. The molecule has 1 aliphatic rings. The van der Waals surface area contributed by atoms with Crippen molar-refractivity contribution >= 4 is 5.65 Å². The highest BCUT2D eigenvalue weighted by Gasteiger charge is 2.23. The maximum Gasteiger partial charge on any atom is 0.276 e. The third-order valence-electron chi connectivity index (χ3n) is 4.87. The lowest BCUT2D eigenvalue weighted by atomic mass is 9.84. The molecule has 118 valence electrons. The number of nitrogens with zero attached hydrogens (tertiary/aromatic N) is 3. The van der Waals surface area contributed by atoms with Crippen LogP contribution in [0.15, 0.2) is 35.5 Å². The van der Waals surface area contributed by atoms with Crippen molar-refractivity contribution in [2.45, 2.75) is 44.9 Å². The van der Waals surface area contributed by atoms with Crippen molar-refractivity contribution < 1.29 is 0 Å². The molecule has 1 aliphatic carbocycles. The average molecular weight is 308 g/mol. The second-order valence-electron chi connectivity index (χ2n) is 6.34. The Morgan fingerprint density at radius 1 is 1.26 bits per heavy atom. The van der Waals surface area contributed by atoms with Crippen LogP contribution in [-0.2, 0) is 0 Å². The average Bonchev–Trinajstić information content (AvgIpc) is 3.00. The molecule has 5 nitrogen and oxygen atoms in total. The molecule has 0 aliphatic heterocycles. The fourth-order valence-electron chi connectivity index (χ4n) is 3.73. The zero-order valence-corrected chi connectivity index (χ0v) is 13.2. The molecule has 0 amide bonds. The second kappa shape index (κ2) is 5.65. The van der Waals surface area contributed by atoms with Crippen molar-refractivity contribution in [3.63, 3.8) is 0 Å². The molecule has 3 aromatic heterocycles. The Balaban J connectivity index is 1.89. The number of aryl methyl sites for hydroxylation is 1. The Labute approximate surface area is 134 Å². The van der Waals surface area contributed by atoms with Gasteiger partial charge in [-0.05, 0) is 31.7 Å². The van der Waals surface area contributed by atoms with Crippen LogP contribution in [0, 0.1) is 6.92 Å². The normalized spacial score (nSPS) is 16.0. The Morgan fingerprint density at radius 3 is 2.83 bits per heavy atom. The molecule has 1 N–H and O–H groups in total. The predicted molar refractivity (Wildman–Crippen MR) is 89.6 cm³/mol. The number of fused-ring (bicyclic) bond motifs is 1. The van der Waals surface area contributed by atoms with E-state index in [1.807, 2.05) is 25.3 Å². The summed E-state index contributed by atoms with van der Waals surface area (Å²) in [5.74, 6) is 0.353. The third-order valence-corrected chi connectivity index (χ3v) is 4.87. The molecular weight excluding hydrogens is 288 g/mol. The van der Waals surface area contributed by atoms with E-state index in [1.165, 1.54) is 19.3 Å². The van der Waals surface area contributed by atoms with Gasteiger partial charge in [-0.3, -0.25) is 14.9 Å². The number of nitrogens with one attached hydrogen (secondary N) is 1. The highest BCUT2D eigenvalue weighted by molar-refractivity contribution is 5.76. The first-order valence-electron chi connectivity index (χ1n) is 8.27. The van der Waals surface area contributed by atoms with E-state index in [1.54, 1.807) is 16.9 Å². The van der Waals surface area contributed by atoms with E-state index in [2.05, 4.69) is 10.1 Å². The van der Waals surface area contributed by atoms with Gasteiger partial charge in [0.05, 0.1) is 0 Å². The van der Waals surface area contributed by atoms with E-state index in [0.29, 0.717) is 11.6 Å². The lowest BCUT2D eigenvalue weighted by Gasteiger charge is -2.22. The van der Waals surface area contributed by atoms with Gasteiger partial charge in [0.15, 0.2) is 5.65 Å². The lowest BCUT2D eigenvalue weighted by molar-refractivity contribution is 0.437. The first-order valence-corrected chi connectivity index (χ1v) is 8.27. The van der Waals surface area contributed by atoms with E-state index in [0.717, 1.165) is 35.2 Å². The minimum absolute atomic E-state index is 0.0505. The molecule has 1 saturated carbocycles. The molecule has 4 rings (SSSR count). The molecule has 5 heteroatoms. The van der Waals surface area contributed by atoms with Crippen LogP contribution in [0.5, 0.6) is 0 Å².